The van der Waals surface area contributed by atoms with Crippen molar-refractivity contribution in [2.24, 2.45) is 7.05 Å². The van der Waals surface area contributed by atoms with Gasteiger partial charge in [-0.1, -0.05) is 68.6 Å². The summed E-state index contributed by atoms with van der Waals surface area (Å²) in [5, 5.41) is 0.596. The first kappa shape index (κ1) is 23.5. The quantitative estimate of drug-likeness (QED) is 0.408. The van der Waals surface area contributed by atoms with Crippen LogP contribution in [0, 0.1) is 19.9 Å². The fourth-order valence-corrected chi connectivity index (χ4v) is 3.86. The van der Waals surface area contributed by atoms with E-state index in [1.54, 1.807) is 6.20 Å². The Labute approximate surface area is 197 Å². The number of rotatable bonds is 2. The molecule has 0 saturated carbocycles. The Morgan fingerprint density at radius 1 is 1.03 bits per heavy atom. The number of anilines is 1. The Kier molecular flexibility index (Phi) is 7.58. The number of benzene rings is 2. The van der Waals surface area contributed by atoms with Crippen molar-refractivity contribution in [3.05, 3.63) is 74.6 Å². The molecule has 1 radical (unpaired) electrons. The van der Waals surface area contributed by atoms with Crippen LogP contribution in [-0.2, 0) is 52.8 Å². The molecule has 2 heterocycles. The van der Waals surface area contributed by atoms with Crippen LogP contribution in [0.1, 0.15) is 53.4 Å². The minimum atomic E-state index is -0.205. The molecule has 0 atom stereocenters. The molecule has 0 unspecified atom stereocenters. The monoisotopic (exact) mass is 464 g/mol. The summed E-state index contributed by atoms with van der Waals surface area (Å²) in [6.07, 6.45) is 1.63. The summed E-state index contributed by atoms with van der Waals surface area (Å²) in [6.45, 7) is 11.1. The number of aromatic nitrogens is 1. The van der Waals surface area contributed by atoms with Gasteiger partial charge in [-0.2, -0.15) is 0 Å². The first-order chi connectivity index (χ1) is 13.4. The Morgan fingerprint density at radius 3 is 2.10 bits per heavy atom. The Morgan fingerprint density at radius 2 is 1.59 bits per heavy atom. The van der Waals surface area contributed by atoms with Crippen molar-refractivity contribution in [2.45, 2.75) is 47.7 Å². The third kappa shape index (κ3) is 4.11. The first-order valence-electron chi connectivity index (χ1n) is 9.77. The van der Waals surface area contributed by atoms with Crippen molar-refractivity contribution in [1.82, 2.24) is 4.57 Å². The molecule has 29 heavy (non-hydrogen) atoms. The average Bonchev–Trinajstić information content (AvgIpc) is 3.12. The Hall–Kier alpha value is -1.78. The van der Waals surface area contributed by atoms with Gasteiger partial charge < -0.3 is 14.3 Å². The van der Waals surface area contributed by atoms with E-state index in [0.29, 0.717) is 5.39 Å². The summed E-state index contributed by atoms with van der Waals surface area (Å²) in [6, 6.07) is 11.9. The molecular formula is C24H27N2O2Y-. The van der Waals surface area contributed by atoms with E-state index in [9.17, 15) is 9.59 Å². The van der Waals surface area contributed by atoms with Crippen LogP contribution in [0.15, 0.2) is 35.3 Å². The molecule has 0 fully saturated rings. The van der Waals surface area contributed by atoms with Gasteiger partial charge in [0.1, 0.15) is 5.43 Å². The van der Waals surface area contributed by atoms with Crippen molar-refractivity contribution >= 4 is 22.4 Å². The molecule has 1 aliphatic heterocycles. The molecule has 0 aliphatic carbocycles. The van der Waals surface area contributed by atoms with Gasteiger partial charge in [-0.3, -0.25) is 4.79 Å². The number of carbonyl (C=O) groups excluding carboxylic acids is 1. The van der Waals surface area contributed by atoms with Gasteiger partial charge in [0.25, 0.3) is 0 Å². The van der Waals surface area contributed by atoms with Crippen molar-refractivity contribution in [3.63, 3.8) is 0 Å². The van der Waals surface area contributed by atoms with E-state index in [2.05, 4.69) is 35.2 Å². The summed E-state index contributed by atoms with van der Waals surface area (Å²) in [4.78, 5) is 27.0. The fraction of sp³-hybridized carbons (Fsp3) is 0.333. The molecule has 0 spiro atoms. The number of aryl methyl sites for hydroxylation is 2. The van der Waals surface area contributed by atoms with Crippen molar-refractivity contribution < 1.29 is 37.5 Å². The van der Waals surface area contributed by atoms with Crippen LogP contribution in [0.5, 0.6) is 0 Å². The second-order valence-corrected chi connectivity index (χ2v) is 7.11. The van der Waals surface area contributed by atoms with Gasteiger partial charge in [0.15, 0.2) is 5.78 Å². The number of Topliss-reactive ketones (excluding diaryl/α,β-unsaturated/α-hetero) is 1. The van der Waals surface area contributed by atoms with Crippen LogP contribution in [0.4, 0.5) is 5.69 Å². The zero-order valence-electron chi connectivity index (χ0n) is 18.1. The summed E-state index contributed by atoms with van der Waals surface area (Å²) >= 11 is 0. The van der Waals surface area contributed by atoms with Gasteiger partial charge in [0, 0.05) is 59.0 Å². The second-order valence-electron chi connectivity index (χ2n) is 7.11. The van der Waals surface area contributed by atoms with Gasteiger partial charge in [-0.05, 0) is 18.1 Å². The standard InChI is InChI=1S/C22H21N2O2.C2H6.Y/c1-13-14(2)21-20(23(4)12-18(15(3)25)22(21)26)9-19(13)24-10-16-7-5-6-8-17(16)11-24;1-2;/h5-8,12H,10-11H2,1-4H3;1-2H3;/q-1;;. The number of fused-ring (bicyclic) bond motifs is 2. The molecule has 1 aliphatic rings. The van der Waals surface area contributed by atoms with E-state index in [1.165, 1.54) is 18.1 Å². The van der Waals surface area contributed by atoms with Crippen LogP contribution in [0.3, 0.4) is 0 Å². The van der Waals surface area contributed by atoms with Crippen LogP contribution in [0.25, 0.3) is 10.9 Å². The van der Waals surface area contributed by atoms with E-state index < -0.39 is 0 Å². The van der Waals surface area contributed by atoms with E-state index in [-0.39, 0.29) is 49.5 Å². The summed E-state index contributed by atoms with van der Waals surface area (Å²) in [5.74, 6) is -0.205. The van der Waals surface area contributed by atoms with Gasteiger partial charge in [-0.25, -0.2) is 0 Å². The molecule has 0 bridgehead atoms. The topological polar surface area (TPSA) is 42.3 Å². The number of pyridine rings is 1. The number of nitrogens with zero attached hydrogens (tertiary/aromatic N) is 2. The number of carbonyl (C=O) groups is 1. The smallest absolute Gasteiger partial charge is 0.164 e. The first-order valence-corrected chi connectivity index (χ1v) is 9.77. The fourth-order valence-electron chi connectivity index (χ4n) is 3.86. The largest absolute Gasteiger partial charge is 0.385 e. The molecule has 2 aromatic carbocycles. The second kappa shape index (κ2) is 9.36. The number of hydrogen-bond acceptors (Lipinski definition) is 3. The maximum Gasteiger partial charge on any atom is 0.164 e. The molecule has 0 N–H and O–H groups in total. The predicted octanol–water partition coefficient (Wildman–Crippen LogP) is 4.70. The Bertz CT molecular complexity index is 1110. The van der Waals surface area contributed by atoms with Gasteiger partial charge in [-0.15, -0.1) is 17.2 Å². The number of ketones is 1. The van der Waals surface area contributed by atoms with Crippen LogP contribution in [-0.4, -0.2) is 10.4 Å². The third-order valence-corrected chi connectivity index (χ3v) is 5.45. The van der Waals surface area contributed by atoms with E-state index >= 15 is 0 Å². The molecule has 149 valence electrons. The van der Waals surface area contributed by atoms with Crippen LogP contribution >= 0.6 is 0 Å². The van der Waals surface area contributed by atoms with Crippen molar-refractivity contribution in [3.8, 4) is 0 Å². The van der Waals surface area contributed by atoms with E-state index in [1.807, 2.05) is 39.3 Å². The third-order valence-electron chi connectivity index (χ3n) is 5.45. The maximum absolute atomic E-state index is 12.8. The Balaban J connectivity index is 0.000000970. The molecule has 3 aromatic rings. The molecule has 5 heteroatoms. The van der Waals surface area contributed by atoms with E-state index in [0.717, 1.165) is 35.4 Å². The van der Waals surface area contributed by atoms with Crippen molar-refractivity contribution in [1.29, 1.82) is 0 Å². The SMILES string of the molecule is CC.CC(=O)c1cn(C)c2[c-]c(N3Cc4ccccc4C3)c(C)c(C)c2c1=O.[Y]. The van der Waals surface area contributed by atoms with E-state index in [4.69, 9.17) is 0 Å². The minimum absolute atomic E-state index is 0. The predicted molar refractivity (Wildman–Crippen MR) is 115 cm³/mol. The van der Waals surface area contributed by atoms with Crippen molar-refractivity contribution in [2.75, 3.05) is 4.90 Å². The average molecular weight is 464 g/mol. The number of hydrogen-bond donors (Lipinski definition) is 0. The maximum atomic E-state index is 12.8. The summed E-state index contributed by atoms with van der Waals surface area (Å²) < 4.78 is 1.84. The molecule has 4 rings (SSSR count). The minimum Gasteiger partial charge on any atom is -0.385 e. The molecular weight excluding hydrogens is 437 g/mol. The van der Waals surface area contributed by atoms with Gasteiger partial charge >= 0.3 is 0 Å². The molecule has 0 amide bonds. The molecule has 1 aromatic heterocycles. The summed E-state index contributed by atoms with van der Waals surface area (Å²) in [5.41, 5.74) is 6.44. The normalized spacial score (nSPS) is 12.1. The summed E-state index contributed by atoms with van der Waals surface area (Å²) in [7, 11) is 1.86. The zero-order chi connectivity index (χ0) is 20.6. The molecule has 0 saturated heterocycles. The molecule has 4 nitrogen and oxygen atoms in total. The van der Waals surface area contributed by atoms with Gasteiger partial charge in [0.2, 0.25) is 0 Å². The van der Waals surface area contributed by atoms with Crippen LogP contribution in [0.2, 0.25) is 0 Å². The van der Waals surface area contributed by atoms with Crippen LogP contribution < -0.4 is 10.3 Å². The van der Waals surface area contributed by atoms with Gasteiger partial charge in [0.05, 0.1) is 5.56 Å². The zero-order valence-corrected chi connectivity index (χ0v) is 20.9.